The molecular formula is C12H8ClN3O4S. The van der Waals surface area contributed by atoms with Crippen LogP contribution >= 0.6 is 23.4 Å². The fourth-order valence-electron chi connectivity index (χ4n) is 1.56. The lowest BCUT2D eigenvalue weighted by Crippen LogP contribution is -1.95. The molecule has 2 rings (SSSR count). The van der Waals surface area contributed by atoms with E-state index in [9.17, 15) is 20.2 Å². The Labute approximate surface area is 128 Å². The molecule has 0 aliphatic heterocycles. The number of nitro groups is 2. The van der Waals surface area contributed by atoms with Crippen LogP contribution in [0.4, 0.5) is 17.1 Å². The molecule has 21 heavy (non-hydrogen) atoms. The van der Waals surface area contributed by atoms with Crippen LogP contribution < -0.4 is 5.73 Å². The van der Waals surface area contributed by atoms with Gasteiger partial charge in [0.1, 0.15) is 5.02 Å². The molecule has 0 bridgehead atoms. The van der Waals surface area contributed by atoms with Gasteiger partial charge in [-0.25, -0.2) is 0 Å². The number of hydrogen-bond acceptors (Lipinski definition) is 6. The number of nitro benzene ring substituents is 2. The summed E-state index contributed by atoms with van der Waals surface area (Å²) >= 11 is 6.88. The van der Waals surface area contributed by atoms with Gasteiger partial charge in [0.15, 0.2) is 0 Å². The summed E-state index contributed by atoms with van der Waals surface area (Å²) in [7, 11) is 0. The maximum Gasteiger partial charge on any atom is 0.294 e. The summed E-state index contributed by atoms with van der Waals surface area (Å²) in [5.74, 6) is 0. The Bertz CT molecular complexity index is 721. The molecule has 0 aromatic heterocycles. The van der Waals surface area contributed by atoms with Crippen LogP contribution in [0.2, 0.25) is 5.02 Å². The molecule has 0 amide bonds. The van der Waals surface area contributed by atoms with Crippen LogP contribution in [0.1, 0.15) is 0 Å². The van der Waals surface area contributed by atoms with Crippen molar-refractivity contribution in [3.8, 4) is 0 Å². The maximum absolute atomic E-state index is 11.1. The summed E-state index contributed by atoms with van der Waals surface area (Å²) in [5, 5.41) is 21.7. The monoisotopic (exact) mass is 325 g/mol. The SMILES string of the molecule is Nc1ccc(Sc2cc(Cl)c([N+](=O)[O-])cc2[N+](=O)[O-])cc1. The van der Waals surface area contributed by atoms with Gasteiger partial charge in [-0.05, 0) is 30.3 Å². The largest absolute Gasteiger partial charge is 0.399 e. The standard InChI is InChI=1S/C12H8ClN3O4S/c13-9-5-12(21-8-3-1-7(14)2-4-8)11(16(19)20)6-10(9)15(17)18/h1-6H,14H2. The van der Waals surface area contributed by atoms with Gasteiger partial charge < -0.3 is 5.73 Å². The summed E-state index contributed by atoms with van der Waals surface area (Å²) in [5.41, 5.74) is 5.26. The molecule has 7 nitrogen and oxygen atoms in total. The van der Waals surface area contributed by atoms with E-state index in [-0.39, 0.29) is 15.6 Å². The summed E-state index contributed by atoms with van der Waals surface area (Å²) in [6.07, 6.45) is 0. The van der Waals surface area contributed by atoms with Gasteiger partial charge in [0.05, 0.1) is 20.8 Å². The molecule has 0 saturated carbocycles. The highest BCUT2D eigenvalue weighted by molar-refractivity contribution is 7.99. The highest BCUT2D eigenvalue weighted by Gasteiger charge is 2.24. The topological polar surface area (TPSA) is 112 Å². The summed E-state index contributed by atoms with van der Waals surface area (Å²) < 4.78 is 0. The van der Waals surface area contributed by atoms with Crippen LogP contribution in [-0.4, -0.2) is 9.85 Å². The summed E-state index contributed by atoms with van der Waals surface area (Å²) in [6, 6.07) is 8.78. The Hall–Kier alpha value is -2.32. The van der Waals surface area contributed by atoms with Gasteiger partial charge in [-0.15, -0.1) is 0 Å². The third-order valence-corrected chi connectivity index (χ3v) is 3.89. The number of nitrogens with zero attached hydrogens (tertiary/aromatic N) is 2. The molecule has 2 aromatic carbocycles. The fraction of sp³-hybridized carbons (Fsp3) is 0. The van der Waals surface area contributed by atoms with Crippen molar-refractivity contribution in [2.45, 2.75) is 9.79 Å². The van der Waals surface area contributed by atoms with Crippen molar-refractivity contribution in [3.05, 3.63) is 61.6 Å². The normalized spacial score (nSPS) is 10.3. The first kappa shape index (κ1) is 15.1. The highest BCUT2D eigenvalue weighted by Crippen LogP contribution is 2.40. The van der Waals surface area contributed by atoms with E-state index < -0.39 is 15.5 Å². The van der Waals surface area contributed by atoms with Gasteiger partial charge in [-0.2, -0.15) is 0 Å². The van der Waals surface area contributed by atoms with Crippen molar-refractivity contribution in [2.75, 3.05) is 5.73 Å². The minimum absolute atomic E-state index is 0.149. The van der Waals surface area contributed by atoms with Crippen molar-refractivity contribution in [2.24, 2.45) is 0 Å². The number of nitrogens with two attached hydrogens (primary N) is 1. The van der Waals surface area contributed by atoms with E-state index in [1.54, 1.807) is 24.3 Å². The second-order valence-corrected chi connectivity index (χ2v) is 5.48. The quantitative estimate of drug-likeness (QED) is 0.518. The zero-order valence-electron chi connectivity index (χ0n) is 10.4. The average molecular weight is 326 g/mol. The van der Waals surface area contributed by atoms with Gasteiger partial charge in [0.25, 0.3) is 11.4 Å². The number of benzene rings is 2. The molecule has 0 saturated heterocycles. The zero-order chi connectivity index (χ0) is 15.6. The molecule has 0 spiro atoms. The molecule has 2 N–H and O–H groups in total. The lowest BCUT2D eigenvalue weighted by Gasteiger charge is -2.05. The van der Waals surface area contributed by atoms with E-state index in [0.717, 1.165) is 17.8 Å². The molecule has 0 atom stereocenters. The van der Waals surface area contributed by atoms with Crippen LogP contribution in [0.25, 0.3) is 0 Å². The number of nitrogen functional groups attached to an aromatic ring is 1. The first-order valence-electron chi connectivity index (χ1n) is 5.54. The second kappa shape index (κ2) is 5.98. The smallest absolute Gasteiger partial charge is 0.294 e. The third kappa shape index (κ3) is 3.41. The lowest BCUT2D eigenvalue weighted by atomic mass is 10.3. The number of halogens is 1. The van der Waals surface area contributed by atoms with Crippen molar-refractivity contribution >= 4 is 40.4 Å². The molecule has 9 heteroatoms. The Balaban J connectivity index is 2.47. The van der Waals surface area contributed by atoms with Crippen LogP contribution in [0, 0.1) is 20.2 Å². The summed E-state index contributed by atoms with van der Waals surface area (Å²) in [4.78, 5) is 21.3. The summed E-state index contributed by atoms with van der Waals surface area (Å²) in [6.45, 7) is 0. The van der Waals surface area contributed by atoms with E-state index in [1.807, 2.05) is 0 Å². The number of rotatable bonds is 4. The Morgan fingerprint density at radius 2 is 1.57 bits per heavy atom. The fourth-order valence-corrected chi connectivity index (χ4v) is 2.80. The average Bonchev–Trinajstić information content (AvgIpc) is 2.40. The maximum atomic E-state index is 11.1. The third-order valence-electron chi connectivity index (χ3n) is 2.53. The molecule has 0 radical (unpaired) electrons. The van der Waals surface area contributed by atoms with Gasteiger partial charge in [0, 0.05) is 10.6 Å². The molecule has 0 aliphatic carbocycles. The van der Waals surface area contributed by atoms with Crippen LogP contribution in [0.15, 0.2) is 46.2 Å². The first-order chi connectivity index (χ1) is 9.88. The lowest BCUT2D eigenvalue weighted by molar-refractivity contribution is -0.395. The molecule has 2 aromatic rings. The predicted molar refractivity (Wildman–Crippen MR) is 79.7 cm³/mol. The van der Waals surface area contributed by atoms with Crippen LogP contribution in [0.5, 0.6) is 0 Å². The Kier molecular flexibility index (Phi) is 4.29. The molecule has 0 fully saturated rings. The zero-order valence-corrected chi connectivity index (χ0v) is 11.9. The van der Waals surface area contributed by atoms with Crippen LogP contribution in [-0.2, 0) is 0 Å². The van der Waals surface area contributed by atoms with E-state index >= 15 is 0 Å². The second-order valence-electron chi connectivity index (χ2n) is 3.96. The minimum Gasteiger partial charge on any atom is -0.399 e. The van der Waals surface area contributed by atoms with Gasteiger partial charge in [-0.1, -0.05) is 23.4 Å². The van der Waals surface area contributed by atoms with Gasteiger partial charge in [0.2, 0.25) is 0 Å². The van der Waals surface area contributed by atoms with Gasteiger partial charge in [-0.3, -0.25) is 20.2 Å². The Morgan fingerprint density at radius 3 is 2.10 bits per heavy atom. The van der Waals surface area contributed by atoms with E-state index in [1.165, 1.54) is 6.07 Å². The van der Waals surface area contributed by atoms with Crippen molar-refractivity contribution in [3.63, 3.8) is 0 Å². The van der Waals surface area contributed by atoms with Crippen molar-refractivity contribution in [1.82, 2.24) is 0 Å². The van der Waals surface area contributed by atoms with Crippen LogP contribution in [0.3, 0.4) is 0 Å². The van der Waals surface area contributed by atoms with E-state index in [4.69, 9.17) is 17.3 Å². The van der Waals surface area contributed by atoms with E-state index in [0.29, 0.717) is 10.6 Å². The molecule has 0 heterocycles. The number of anilines is 1. The molecule has 0 aliphatic rings. The number of hydrogen-bond donors (Lipinski definition) is 1. The molecule has 0 unspecified atom stereocenters. The highest BCUT2D eigenvalue weighted by atomic mass is 35.5. The molecule has 108 valence electrons. The molecular weight excluding hydrogens is 318 g/mol. The predicted octanol–water partition coefficient (Wildman–Crippen LogP) is 3.89. The van der Waals surface area contributed by atoms with E-state index in [2.05, 4.69) is 0 Å². The van der Waals surface area contributed by atoms with Crippen molar-refractivity contribution in [1.29, 1.82) is 0 Å². The van der Waals surface area contributed by atoms with Crippen molar-refractivity contribution < 1.29 is 9.85 Å². The van der Waals surface area contributed by atoms with Gasteiger partial charge >= 0.3 is 0 Å². The minimum atomic E-state index is -0.757. The Morgan fingerprint density at radius 1 is 1.00 bits per heavy atom. The first-order valence-corrected chi connectivity index (χ1v) is 6.73.